The molecule has 1 heterocycles. The van der Waals surface area contributed by atoms with Gasteiger partial charge in [-0.1, -0.05) is 23.7 Å². The fourth-order valence-electron chi connectivity index (χ4n) is 2.76. The Balaban J connectivity index is 1.97. The van der Waals surface area contributed by atoms with Crippen LogP contribution in [-0.4, -0.2) is 25.2 Å². The number of aromatic nitrogens is 1. The van der Waals surface area contributed by atoms with E-state index in [1.54, 1.807) is 37.2 Å². The minimum Gasteiger partial charge on any atom is -0.488 e. The number of nitrogens with zero attached hydrogens (tertiary/aromatic N) is 2. The largest absolute Gasteiger partial charge is 0.488 e. The SMILES string of the molecule is CC(C)Oc1ccc(Nc2c(Cc3ccc(Cl)cc3)nc(N(C)C)oc2=O)cc1F. The lowest BCUT2D eigenvalue weighted by atomic mass is 10.1. The first kappa shape index (κ1) is 21.6. The summed E-state index contributed by atoms with van der Waals surface area (Å²) in [5.41, 5.74) is 1.32. The second-order valence-electron chi connectivity index (χ2n) is 7.24. The molecule has 158 valence electrons. The summed E-state index contributed by atoms with van der Waals surface area (Å²) in [4.78, 5) is 18.8. The maximum atomic E-state index is 14.4. The molecule has 0 fully saturated rings. The third-order valence-corrected chi connectivity index (χ3v) is 4.39. The summed E-state index contributed by atoms with van der Waals surface area (Å²) < 4.78 is 25.1. The quantitative estimate of drug-likeness (QED) is 0.566. The molecule has 0 bridgehead atoms. The lowest BCUT2D eigenvalue weighted by Crippen LogP contribution is -2.19. The monoisotopic (exact) mass is 431 g/mol. The smallest absolute Gasteiger partial charge is 0.364 e. The summed E-state index contributed by atoms with van der Waals surface area (Å²) in [5, 5.41) is 3.57. The third-order valence-electron chi connectivity index (χ3n) is 4.14. The van der Waals surface area contributed by atoms with Crippen molar-refractivity contribution >= 4 is 29.0 Å². The summed E-state index contributed by atoms with van der Waals surface area (Å²) >= 11 is 5.96. The summed E-state index contributed by atoms with van der Waals surface area (Å²) in [7, 11) is 3.46. The number of rotatable bonds is 7. The molecule has 3 rings (SSSR count). The van der Waals surface area contributed by atoms with Crippen LogP contribution in [0.3, 0.4) is 0 Å². The Morgan fingerprint density at radius 3 is 2.50 bits per heavy atom. The first-order valence-electron chi connectivity index (χ1n) is 9.42. The predicted octanol–water partition coefficient (Wildman–Crippen LogP) is 5.01. The summed E-state index contributed by atoms with van der Waals surface area (Å²) in [5.74, 6) is -0.389. The van der Waals surface area contributed by atoms with Gasteiger partial charge in [0.05, 0.1) is 11.8 Å². The van der Waals surface area contributed by atoms with E-state index in [4.69, 9.17) is 20.8 Å². The van der Waals surface area contributed by atoms with Crippen LogP contribution < -0.4 is 20.6 Å². The highest BCUT2D eigenvalue weighted by Gasteiger charge is 2.17. The van der Waals surface area contributed by atoms with E-state index in [2.05, 4.69) is 10.3 Å². The van der Waals surface area contributed by atoms with Gasteiger partial charge >= 0.3 is 5.63 Å². The molecule has 0 spiro atoms. The second-order valence-corrected chi connectivity index (χ2v) is 7.68. The van der Waals surface area contributed by atoms with E-state index in [0.29, 0.717) is 22.8 Å². The van der Waals surface area contributed by atoms with E-state index in [1.165, 1.54) is 12.1 Å². The summed E-state index contributed by atoms with van der Waals surface area (Å²) in [6, 6.07) is 11.8. The van der Waals surface area contributed by atoms with Crippen molar-refractivity contribution < 1.29 is 13.5 Å². The van der Waals surface area contributed by atoms with Gasteiger partial charge in [0.15, 0.2) is 11.6 Å². The fourth-order valence-corrected chi connectivity index (χ4v) is 2.88. The van der Waals surface area contributed by atoms with E-state index < -0.39 is 11.4 Å². The standard InChI is InChI=1S/C22H23ClFN3O3/c1-13(2)29-19-10-9-16(12-17(19)24)25-20-18(11-14-5-7-15(23)8-6-14)26-22(27(3)4)30-21(20)28/h5-10,12-13,25H,11H2,1-4H3. The average molecular weight is 432 g/mol. The van der Waals surface area contributed by atoms with Crippen molar-refractivity contribution in [2.75, 3.05) is 24.3 Å². The molecule has 0 aliphatic heterocycles. The Morgan fingerprint density at radius 1 is 1.20 bits per heavy atom. The molecule has 1 aromatic heterocycles. The van der Waals surface area contributed by atoms with E-state index in [1.807, 2.05) is 26.0 Å². The van der Waals surface area contributed by atoms with Gasteiger partial charge in [-0.25, -0.2) is 9.18 Å². The maximum absolute atomic E-state index is 14.4. The summed E-state index contributed by atoms with van der Waals surface area (Å²) in [6.07, 6.45) is 0.210. The molecule has 0 amide bonds. The topological polar surface area (TPSA) is 67.6 Å². The zero-order chi connectivity index (χ0) is 21.8. The van der Waals surface area contributed by atoms with Crippen LogP contribution in [0.15, 0.2) is 51.7 Å². The van der Waals surface area contributed by atoms with Gasteiger partial charge in [-0.3, -0.25) is 0 Å². The number of hydrogen-bond donors (Lipinski definition) is 1. The molecule has 2 aromatic carbocycles. The molecule has 8 heteroatoms. The van der Waals surface area contributed by atoms with Crippen molar-refractivity contribution in [1.29, 1.82) is 0 Å². The highest BCUT2D eigenvalue weighted by Crippen LogP contribution is 2.26. The van der Waals surface area contributed by atoms with Crippen LogP contribution in [0.1, 0.15) is 25.1 Å². The number of ether oxygens (including phenoxy) is 1. The van der Waals surface area contributed by atoms with Crippen molar-refractivity contribution in [2.24, 2.45) is 0 Å². The van der Waals surface area contributed by atoms with Gasteiger partial charge in [0.2, 0.25) is 0 Å². The number of hydrogen-bond acceptors (Lipinski definition) is 6. The molecule has 0 saturated heterocycles. The van der Waals surface area contributed by atoms with Gasteiger partial charge in [-0.2, -0.15) is 4.98 Å². The van der Waals surface area contributed by atoms with Gasteiger partial charge in [-0.15, -0.1) is 0 Å². The Bertz CT molecular complexity index is 1080. The van der Waals surface area contributed by atoms with Crippen LogP contribution in [0.5, 0.6) is 5.75 Å². The molecule has 0 unspecified atom stereocenters. The molecule has 0 aliphatic rings. The fraction of sp³-hybridized carbons (Fsp3) is 0.273. The van der Waals surface area contributed by atoms with Crippen LogP contribution >= 0.6 is 11.6 Å². The number of anilines is 3. The molecule has 0 radical (unpaired) electrons. The highest BCUT2D eigenvalue weighted by molar-refractivity contribution is 6.30. The van der Waals surface area contributed by atoms with Crippen molar-refractivity contribution in [3.05, 3.63) is 75.0 Å². The number of halogens is 2. The van der Waals surface area contributed by atoms with Crippen molar-refractivity contribution in [3.63, 3.8) is 0 Å². The minimum absolute atomic E-state index is 0.144. The molecule has 3 aromatic rings. The zero-order valence-electron chi connectivity index (χ0n) is 17.2. The first-order valence-corrected chi connectivity index (χ1v) is 9.79. The van der Waals surface area contributed by atoms with Crippen molar-refractivity contribution in [3.8, 4) is 5.75 Å². The molecule has 0 saturated carbocycles. The van der Waals surface area contributed by atoms with Gasteiger partial charge in [0, 0.05) is 37.3 Å². The van der Waals surface area contributed by atoms with Crippen LogP contribution in [-0.2, 0) is 6.42 Å². The van der Waals surface area contributed by atoms with Gasteiger partial charge in [0.25, 0.3) is 6.01 Å². The Hall–Kier alpha value is -3.06. The number of nitrogens with one attached hydrogen (secondary N) is 1. The Kier molecular flexibility index (Phi) is 6.62. The molecular formula is C22H23ClFN3O3. The maximum Gasteiger partial charge on any atom is 0.364 e. The minimum atomic E-state index is -0.597. The summed E-state index contributed by atoms with van der Waals surface area (Å²) in [6.45, 7) is 3.63. The normalized spacial score (nSPS) is 10.9. The van der Waals surface area contributed by atoms with Gasteiger partial charge < -0.3 is 19.4 Å². The van der Waals surface area contributed by atoms with Crippen LogP contribution in [0.2, 0.25) is 5.02 Å². The van der Waals surface area contributed by atoms with E-state index in [9.17, 15) is 9.18 Å². The van der Waals surface area contributed by atoms with Gasteiger partial charge in [-0.05, 0) is 43.7 Å². The lowest BCUT2D eigenvalue weighted by Gasteiger charge is -2.15. The lowest BCUT2D eigenvalue weighted by molar-refractivity contribution is 0.231. The molecule has 0 atom stereocenters. The van der Waals surface area contributed by atoms with E-state index in [0.717, 1.165) is 5.56 Å². The van der Waals surface area contributed by atoms with E-state index >= 15 is 0 Å². The third kappa shape index (κ3) is 5.30. The van der Waals surface area contributed by atoms with Crippen LogP contribution in [0, 0.1) is 5.82 Å². The Morgan fingerprint density at radius 2 is 1.90 bits per heavy atom. The molecular weight excluding hydrogens is 409 g/mol. The average Bonchev–Trinajstić information content (AvgIpc) is 2.67. The van der Waals surface area contributed by atoms with Crippen LogP contribution in [0.4, 0.5) is 21.8 Å². The zero-order valence-corrected chi connectivity index (χ0v) is 18.0. The second kappa shape index (κ2) is 9.17. The van der Waals surface area contributed by atoms with E-state index in [-0.39, 0.29) is 23.6 Å². The molecule has 30 heavy (non-hydrogen) atoms. The van der Waals surface area contributed by atoms with Crippen LogP contribution in [0.25, 0.3) is 0 Å². The van der Waals surface area contributed by atoms with Crippen molar-refractivity contribution in [2.45, 2.75) is 26.4 Å². The predicted molar refractivity (Wildman–Crippen MR) is 117 cm³/mol. The molecule has 0 aliphatic carbocycles. The first-order chi connectivity index (χ1) is 14.2. The van der Waals surface area contributed by atoms with Gasteiger partial charge in [0.1, 0.15) is 5.69 Å². The number of benzene rings is 2. The Labute approximate surface area is 179 Å². The van der Waals surface area contributed by atoms with Crippen molar-refractivity contribution in [1.82, 2.24) is 4.98 Å². The highest BCUT2D eigenvalue weighted by atomic mass is 35.5. The molecule has 6 nitrogen and oxygen atoms in total. The molecule has 1 N–H and O–H groups in total.